The van der Waals surface area contributed by atoms with Crippen LogP contribution in [0.5, 0.6) is 0 Å². The number of benzene rings is 1. The van der Waals surface area contributed by atoms with Crippen LogP contribution in [0.25, 0.3) is 0 Å². The summed E-state index contributed by atoms with van der Waals surface area (Å²) in [7, 11) is 1.18. The number of nitrogens with zero attached hydrogens (tertiary/aromatic N) is 3. The van der Waals surface area contributed by atoms with E-state index in [1.807, 2.05) is 6.07 Å². The zero-order valence-electron chi connectivity index (χ0n) is 16.5. The SMILES string of the molecule is CO[C@H]1[C@@H](C(F)F)OC(N)=N[C@]1(C)c1cc(NC(=O)c2ccc(C#N)cn2)ccc1F. The number of carbonyl (C=O) groups excluding carboxylic acids is 1. The molecule has 162 valence electrons. The molecule has 3 N–H and O–H groups in total. The molecular weight excluding hydrogens is 415 g/mol. The maximum Gasteiger partial charge on any atom is 0.283 e. The summed E-state index contributed by atoms with van der Waals surface area (Å²) in [6, 6.07) is 7.75. The highest BCUT2D eigenvalue weighted by Gasteiger charge is 2.51. The number of methoxy groups -OCH3 is 1. The average molecular weight is 433 g/mol. The van der Waals surface area contributed by atoms with Gasteiger partial charge < -0.3 is 20.5 Å². The lowest BCUT2D eigenvalue weighted by Gasteiger charge is -2.41. The van der Waals surface area contributed by atoms with Crippen molar-refractivity contribution in [3.63, 3.8) is 0 Å². The highest BCUT2D eigenvalue weighted by atomic mass is 19.3. The minimum Gasteiger partial charge on any atom is -0.453 e. The molecule has 0 fully saturated rings. The van der Waals surface area contributed by atoms with Gasteiger partial charge in [-0.15, -0.1) is 0 Å². The van der Waals surface area contributed by atoms with E-state index in [0.717, 1.165) is 6.07 Å². The second kappa shape index (κ2) is 8.61. The molecule has 0 bridgehead atoms. The molecule has 1 aliphatic rings. The minimum absolute atomic E-state index is 0.0250. The van der Waals surface area contributed by atoms with Gasteiger partial charge in [0.2, 0.25) is 0 Å². The average Bonchev–Trinajstić information content (AvgIpc) is 2.74. The van der Waals surface area contributed by atoms with Crippen molar-refractivity contribution >= 4 is 17.6 Å². The van der Waals surface area contributed by atoms with Gasteiger partial charge in [0.25, 0.3) is 18.4 Å². The second-order valence-electron chi connectivity index (χ2n) is 6.86. The van der Waals surface area contributed by atoms with Gasteiger partial charge in [0, 0.05) is 24.6 Å². The Balaban J connectivity index is 1.96. The molecule has 0 saturated heterocycles. The van der Waals surface area contributed by atoms with Crippen molar-refractivity contribution in [3.8, 4) is 6.07 Å². The van der Waals surface area contributed by atoms with Crippen LogP contribution in [0.1, 0.15) is 28.5 Å². The van der Waals surface area contributed by atoms with Crippen LogP contribution >= 0.6 is 0 Å². The molecule has 3 atom stereocenters. The van der Waals surface area contributed by atoms with Crippen molar-refractivity contribution in [1.29, 1.82) is 5.26 Å². The molecule has 31 heavy (non-hydrogen) atoms. The third-order valence-electron chi connectivity index (χ3n) is 4.85. The van der Waals surface area contributed by atoms with Gasteiger partial charge in [-0.2, -0.15) is 5.26 Å². The van der Waals surface area contributed by atoms with E-state index in [0.29, 0.717) is 0 Å². The molecule has 3 rings (SSSR count). The van der Waals surface area contributed by atoms with Gasteiger partial charge in [0.15, 0.2) is 6.10 Å². The number of aliphatic imine (C=N–C) groups is 1. The predicted octanol–water partition coefficient (Wildman–Crippen LogP) is 2.55. The second-order valence-corrected chi connectivity index (χ2v) is 6.86. The number of ether oxygens (including phenoxy) is 2. The van der Waals surface area contributed by atoms with Crippen molar-refractivity contribution in [2.24, 2.45) is 10.7 Å². The van der Waals surface area contributed by atoms with Gasteiger partial charge in [-0.3, -0.25) is 4.79 Å². The van der Waals surface area contributed by atoms with E-state index in [4.69, 9.17) is 20.5 Å². The highest BCUT2D eigenvalue weighted by Crippen LogP contribution is 2.40. The first kappa shape index (κ1) is 22.0. The number of nitriles is 1. The van der Waals surface area contributed by atoms with Crippen molar-refractivity contribution in [2.75, 3.05) is 12.4 Å². The predicted molar refractivity (Wildman–Crippen MR) is 104 cm³/mol. The Kier molecular flexibility index (Phi) is 6.12. The number of nitrogens with two attached hydrogens (primary N) is 1. The molecular formula is C20H18F3N5O3. The van der Waals surface area contributed by atoms with Gasteiger partial charge in [-0.1, -0.05) is 0 Å². The lowest BCUT2D eigenvalue weighted by Crippen LogP contribution is -2.55. The number of hydrogen-bond donors (Lipinski definition) is 2. The first-order valence-electron chi connectivity index (χ1n) is 9.00. The fourth-order valence-corrected chi connectivity index (χ4v) is 3.38. The third kappa shape index (κ3) is 4.29. The van der Waals surface area contributed by atoms with Crippen LogP contribution in [0, 0.1) is 17.1 Å². The molecule has 1 aromatic heterocycles. The van der Waals surface area contributed by atoms with Crippen LogP contribution in [0.15, 0.2) is 41.5 Å². The van der Waals surface area contributed by atoms with Gasteiger partial charge in [0.1, 0.15) is 29.2 Å². The summed E-state index contributed by atoms with van der Waals surface area (Å²) >= 11 is 0. The molecule has 8 nitrogen and oxygen atoms in total. The van der Waals surface area contributed by atoms with Crippen LogP contribution < -0.4 is 11.1 Å². The molecule has 0 saturated carbocycles. The Morgan fingerprint density at radius 2 is 2.13 bits per heavy atom. The summed E-state index contributed by atoms with van der Waals surface area (Å²) in [6.07, 6.45) is -4.86. The summed E-state index contributed by atoms with van der Waals surface area (Å²) in [5.41, 5.74) is 4.27. The van der Waals surface area contributed by atoms with Gasteiger partial charge >= 0.3 is 0 Å². The summed E-state index contributed by atoms with van der Waals surface area (Å²) in [4.78, 5) is 20.4. The molecule has 1 amide bonds. The maximum atomic E-state index is 14.8. The number of carbonyl (C=O) groups is 1. The monoisotopic (exact) mass is 433 g/mol. The van der Waals surface area contributed by atoms with Crippen molar-refractivity contribution in [2.45, 2.75) is 31.1 Å². The number of hydrogen-bond acceptors (Lipinski definition) is 7. The largest absolute Gasteiger partial charge is 0.453 e. The third-order valence-corrected chi connectivity index (χ3v) is 4.85. The van der Waals surface area contributed by atoms with Crippen molar-refractivity contribution in [3.05, 3.63) is 59.2 Å². The summed E-state index contributed by atoms with van der Waals surface area (Å²) in [5.74, 6) is -1.37. The zero-order chi connectivity index (χ0) is 22.8. The van der Waals surface area contributed by atoms with Crippen molar-refractivity contribution < 1.29 is 27.4 Å². The van der Waals surface area contributed by atoms with E-state index in [-0.39, 0.29) is 22.5 Å². The van der Waals surface area contributed by atoms with E-state index in [9.17, 15) is 18.0 Å². The van der Waals surface area contributed by atoms with Crippen LogP contribution in [0.3, 0.4) is 0 Å². The Bertz CT molecular complexity index is 1060. The molecule has 0 unspecified atom stereocenters. The van der Waals surface area contributed by atoms with Crippen LogP contribution in [-0.4, -0.2) is 42.7 Å². The first-order chi connectivity index (χ1) is 14.7. The molecule has 0 radical (unpaired) electrons. The van der Waals surface area contributed by atoms with Gasteiger partial charge in [0.05, 0.1) is 5.56 Å². The number of rotatable bonds is 5. The number of amidine groups is 1. The number of amides is 1. The number of pyridine rings is 1. The fourth-order valence-electron chi connectivity index (χ4n) is 3.38. The van der Waals surface area contributed by atoms with Crippen LogP contribution in [0.2, 0.25) is 0 Å². The molecule has 2 heterocycles. The molecule has 0 spiro atoms. The standard InChI is InChI=1S/C20H18F3N5O3/c1-20(16(30-2)15(17(22)23)31-19(25)28-20)12-7-11(4-5-13(12)21)27-18(29)14-6-3-10(8-24)9-26-14/h3-7,9,15-17H,1-2H3,(H2,25,28)(H,27,29)/t15-,16-,20+/m0/s1. The lowest BCUT2D eigenvalue weighted by atomic mass is 9.82. The van der Waals surface area contributed by atoms with Gasteiger partial charge in [-0.05, 0) is 37.3 Å². The Hall–Kier alpha value is -3.65. The minimum atomic E-state index is -2.97. The number of nitrogens with one attached hydrogen (secondary N) is 1. The molecule has 1 aromatic carbocycles. The molecule has 2 aromatic rings. The zero-order valence-corrected chi connectivity index (χ0v) is 16.5. The van der Waals surface area contributed by atoms with Crippen LogP contribution in [-0.2, 0) is 15.0 Å². The number of alkyl halides is 2. The number of halogens is 3. The van der Waals surface area contributed by atoms with Gasteiger partial charge in [-0.25, -0.2) is 23.1 Å². The van der Waals surface area contributed by atoms with E-state index >= 15 is 0 Å². The molecule has 11 heteroatoms. The smallest absolute Gasteiger partial charge is 0.283 e. The van der Waals surface area contributed by atoms with E-state index in [1.165, 1.54) is 44.5 Å². The quantitative estimate of drug-likeness (QED) is 0.747. The van der Waals surface area contributed by atoms with E-state index in [2.05, 4.69) is 15.3 Å². The Morgan fingerprint density at radius 1 is 1.39 bits per heavy atom. The van der Waals surface area contributed by atoms with Crippen molar-refractivity contribution in [1.82, 2.24) is 4.98 Å². The number of anilines is 1. The van der Waals surface area contributed by atoms with E-state index < -0.39 is 41.9 Å². The van der Waals surface area contributed by atoms with Crippen LogP contribution in [0.4, 0.5) is 18.9 Å². The topological polar surface area (TPSA) is 123 Å². The summed E-state index contributed by atoms with van der Waals surface area (Å²) < 4.78 is 51.8. The fraction of sp³-hybridized carbons (Fsp3) is 0.300. The maximum absolute atomic E-state index is 14.8. The lowest BCUT2D eigenvalue weighted by molar-refractivity contribution is -0.121. The summed E-state index contributed by atoms with van der Waals surface area (Å²) in [6.45, 7) is 1.39. The Labute approximate surface area is 175 Å². The molecule has 0 aliphatic carbocycles. The first-order valence-corrected chi connectivity index (χ1v) is 9.00. The Morgan fingerprint density at radius 3 is 2.71 bits per heavy atom. The summed E-state index contributed by atoms with van der Waals surface area (Å²) in [5, 5.41) is 11.4. The molecule has 1 aliphatic heterocycles. The normalized spacial score (nSPS) is 22.9. The van der Waals surface area contributed by atoms with E-state index in [1.54, 1.807) is 0 Å². The number of aromatic nitrogens is 1. The highest BCUT2D eigenvalue weighted by molar-refractivity contribution is 6.02.